The van der Waals surface area contributed by atoms with Gasteiger partial charge in [-0.05, 0) is 72.9 Å². The van der Waals surface area contributed by atoms with Gasteiger partial charge >= 0.3 is 5.97 Å². The van der Waals surface area contributed by atoms with Gasteiger partial charge in [0.25, 0.3) is 5.91 Å². The predicted molar refractivity (Wildman–Crippen MR) is 129 cm³/mol. The van der Waals surface area contributed by atoms with E-state index in [0.717, 1.165) is 33.8 Å². The summed E-state index contributed by atoms with van der Waals surface area (Å²) in [6.07, 6.45) is 0.921. The number of aryl methyl sites for hydroxylation is 1. The second kappa shape index (κ2) is 10.3. The SMILES string of the molecule is CCC(Nc1cccc(-c2ccc(C(=O)NC(C)C(=O)O)cc2)c1)c1ccc(Cl)c(C)c1. The molecule has 0 saturated carbocycles. The molecule has 2 unspecified atom stereocenters. The fraction of sp³-hybridized carbons (Fsp3) is 0.231. The largest absolute Gasteiger partial charge is 0.480 e. The van der Waals surface area contributed by atoms with Gasteiger partial charge in [0.1, 0.15) is 6.04 Å². The van der Waals surface area contributed by atoms with Gasteiger partial charge in [-0.15, -0.1) is 0 Å². The summed E-state index contributed by atoms with van der Waals surface area (Å²) in [5, 5.41) is 15.8. The Morgan fingerprint density at radius 1 is 1.00 bits per heavy atom. The number of halogens is 1. The van der Waals surface area contributed by atoms with Crippen LogP contribution in [-0.4, -0.2) is 23.0 Å². The lowest BCUT2D eigenvalue weighted by atomic mass is 10.0. The van der Waals surface area contributed by atoms with E-state index < -0.39 is 17.9 Å². The van der Waals surface area contributed by atoms with Crippen molar-refractivity contribution in [3.05, 3.63) is 88.4 Å². The third kappa shape index (κ3) is 5.68. The van der Waals surface area contributed by atoms with Crippen molar-refractivity contribution in [1.82, 2.24) is 5.32 Å². The number of anilines is 1. The highest BCUT2D eigenvalue weighted by Gasteiger charge is 2.15. The number of carboxylic acid groups (broad SMARTS) is 1. The Hall–Kier alpha value is -3.31. The first kappa shape index (κ1) is 23.4. The van der Waals surface area contributed by atoms with Crippen molar-refractivity contribution >= 4 is 29.2 Å². The third-order valence-corrected chi connectivity index (χ3v) is 5.82. The number of carbonyl (C=O) groups is 2. The number of hydrogen-bond acceptors (Lipinski definition) is 3. The maximum Gasteiger partial charge on any atom is 0.325 e. The molecule has 0 bridgehead atoms. The summed E-state index contributed by atoms with van der Waals surface area (Å²) in [5.74, 6) is -1.48. The minimum absolute atomic E-state index is 0.156. The van der Waals surface area contributed by atoms with Gasteiger partial charge in [0.05, 0.1) is 6.04 Å². The summed E-state index contributed by atoms with van der Waals surface area (Å²) in [6.45, 7) is 5.58. The molecule has 0 aliphatic heterocycles. The average Bonchev–Trinajstić information content (AvgIpc) is 2.79. The molecule has 0 spiro atoms. The van der Waals surface area contributed by atoms with Gasteiger partial charge in [-0.1, -0.05) is 54.9 Å². The minimum Gasteiger partial charge on any atom is -0.480 e. The van der Waals surface area contributed by atoms with Crippen LogP contribution in [0.5, 0.6) is 0 Å². The first-order valence-corrected chi connectivity index (χ1v) is 10.9. The Bertz CT molecular complexity index is 1110. The normalized spacial score (nSPS) is 12.6. The third-order valence-electron chi connectivity index (χ3n) is 5.39. The molecule has 32 heavy (non-hydrogen) atoms. The van der Waals surface area contributed by atoms with Gasteiger partial charge in [0.15, 0.2) is 0 Å². The van der Waals surface area contributed by atoms with Crippen LogP contribution in [0.2, 0.25) is 5.02 Å². The first-order valence-electron chi connectivity index (χ1n) is 10.5. The Balaban J connectivity index is 1.76. The van der Waals surface area contributed by atoms with Crippen molar-refractivity contribution in [2.75, 3.05) is 5.32 Å². The predicted octanol–water partition coefficient (Wildman–Crippen LogP) is 6.08. The molecule has 0 saturated heterocycles. The molecule has 0 heterocycles. The molecule has 6 heteroatoms. The van der Waals surface area contributed by atoms with Crippen LogP contribution in [0.25, 0.3) is 11.1 Å². The van der Waals surface area contributed by atoms with Gasteiger partial charge in [-0.25, -0.2) is 0 Å². The minimum atomic E-state index is -1.07. The zero-order valence-corrected chi connectivity index (χ0v) is 19.1. The van der Waals surface area contributed by atoms with Crippen LogP contribution < -0.4 is 10.6 Å². The fourth-order valence-corrected chi connectivity index (χ4v) is 3.57. The van der Waals surface area contributed by atoms with Crippen LogP contribution in [0, 0.1) is 6.92 Å². The van der Waals surface area contributed by atoms with Crippen molar-refractivity contribution in [2.45, 2.75) is 39.3 Å². The Labute approximate surface area is 193 Å². The molecule has 0 fully saturated rings. The molecule has 5 nitrogen and oxygen atoms in total. The van der Waals surface area contributed by atoms with E-state index in [9.17, 15) is 9.59 Å². The molecule has 2 atom stereocenters. The van der Waals surface area contributed by atoms with Crippen molar-refractivity contribution in [3.8, 4) is 11.1 Å². The summed E-state index contributed by atoms with van der Waals surface area (Å²) in [5.41, 5.74) is 5.64. The van der Waals surface area contributed by atoms with Gasteiger partial charge in [-0.2, -0.15) is 0 Å². The standard InChI is InChI=1S/C26H27ClN2O3/c1-4-24(21-12-13-23(27)16(2)14-21)29-22-7-5-6-20(15-22)18-8-10-19(11-9-18)25(30)28-17(3)26(31)32/h5-15,17,24,29H,4H2,1-3H3,(H,28,30)(H,31,32). The van der Waals surface area contributed by atoms with Crippen molar-refractivity contribution in [1.29, 1.82) is 0 Å². The molecule has 0 aliphatic rings. The average molecular weight is 451 g/mol. The van der Waals surface area contributed by atoms with Crippen LogP contribution in [0.1, 0.15) is 47.8 Å². The molecule has 0 aromatic heterocycles. The van der Waals surface area contributed by atoms with Crippen LogP contribution in [-0.2, 0) is 4.79 Å². The first-order chi connectivity index (χ1) is 15.3. The monoisotopic (exact) mass is 450 g/mol. The molecule has 0 radical (unpaired) electrons. The lowest BCUT2D eigenvalue weighted by Crippen LogP contribution is -2.38. The highest BCUT2D eigenvalue weighted by molar-refractivity contribution is 6.31. The topological polar surface area (TPSA) is 78.4 Å². The summed E-state index contributed by atoms with van der Waals surface area (Å²) >= 11 is 6.17. The quantitative estimate of drug-likeness (QED) is 0.388. The number of rotatable bonds is 8. The number of amides is 1. The summed E-state index contributed by atoms with van der Waals surface area (Å²) < 4.78 is 0. The van der Waals surface area contributed by atoms with Gasteiger partial charge in [0, 0.05) is 16.3 Å². The second-order valence-electron chi connectivity index (χ2n) is 7.81. The summed E-state index contributed by atoms with van der Waals surface area (Å²) in [7, 11) is 0. The zero-order chi connectivity index (χ0) is 23.3. The molecular formula is C26H27ClN2O3. The summed E-state index contributed by atoms with van der Waals surface area (Å²) in [4.78, 5) is 23.1. The van der Waals surface area contributed by atoms with Gasteiger partial charge < -0.3 is 15.7 Å². The number of nitrogens with one attached hydrogen (secondary N) is 2. The van der Waals surface area contributed by atoms with E-state index in [0.29, 0.717) is 5.56 Å². The van der Waals surface area contributed by atoms with Crippen LogP contribution >= 0.6 is 11.6 Å². The molecule has 3 N–H and O–H groups in total. The van der Waals surface area contributed by atoms with E-state index in [-0.39, 0.29) is 6.04 Å². The molecule has 3 rings (SSSR count). The van der Waals surface area contributed by atoms with Crippen LogP contribution in [0.15, 0.2) is 66.7 Å². The van der Waals surface area contributed by atoms with E-state index in [4.69, 9.17) is 16.7 Å². The number of benzene rings is 3. The van der Waals surface area contributed by atoms with Crippen molar-refractivity contribution < 1.29 is 14.7 Å². The van der Waals surface area contributed by atoms with Crippen molar-refractivity contribution in [2.24, 2.45) is 0 Å². The van der Waals surface area contributed by atoms with E-state index in [1.165, 1.54) is 12.5 Å². The lowest BCUT2D eigenvalue weighted by Gasteiger charge is -2.20. The van der Waals surface area contributed by atoms with Crippen LogP contribution in [0.3, 0.4) is 0 Å². The highest BCUT2D eigenvalue weighted by atomic mass is 35.5. The fourth-order valence-electron chi connectivity index (χ4n) is 3.45. The van der Waals surface area contributed by atoms with E-state index in [1.807, 2.05) is 43.3 Å². The maximum atomic E-state index is 12.2. The molecule has 166 valence electrons. The van der Waals surface area contributed by atoms with Crippen LogP contribution in [0.4, 0.5) is 5.69 Å². The van der Waals surface area contributed by atoms with Gasteiger partial charge in [0.2, 0.25) is 0 Å². The summed E-state index contributed by atoms with van der Waals surface area (Å²) in [6, 6.07) is 20.5. The second-order valence-corrected chi connectivity index (χ2v) is 8.21. The molecule has 3 aromatic rings. The van der Waals surface area contributed by atoms with Crippen molar-refractivity contribution in [3.63, 3.8) is 0 Å². The van der Waals surface area contributed by atoms with E-state index in [1.54, 1.807) is 12.1 Å². The highest BCUT2D eigenvalue weighted by Crippen LogP contribution is 2.29. The smallest absolute Gasteiger partial charge is 0.325 e. The number of aliphatic carboxylic acids is 1. The maximum absolute atomic E-state index is 12.2. The zero-order valence-electron chi connectivity index (χ0n) is 18.4. The molecule has 0 aliphatic carbocycles. The Morgan fingerprint density at radius 3 is 2.34 bits per heavy atom. The number of hydrogen-bond donors (Lipinski definition) is 3. The number of carbonyl (C=O) groups excluding carboxylic acids is 1. The Morgan fingerprint density at radius 2 is 1.72 bits per heavy atom. The molecular weight excluding hydrogens is 424 g/mol. The van der Waals surface area contributed by atoms with Gasteiger partial charge in [-0.3, -0.25) is 9.59 Å². The lowest BCUT2D eigenvalue weighted by molar-refractivity contribution is -0.138. The Kier molecular flexibility index (Phi) is 7.54. The molecule has 3 aromatic carbocycles. The molecule has 1 amide bonds. The van der Waals surface area contributed by atoms with E-state index in [2.05, 4.69) is 35.8 Å². The van der Waals surface area contributed by atoms with E-state index >= 15 is 0 Å². The number of carboxylic acids is 1.